The van der Waals surface area contributed by atoms with Crippen molar-refractivity contribution < 1.29 is 4.42 Å². The highest BCUT2D eigenvalue weighted by Crippen LogP contribution is 2.26. The first-order chi connectivity index (χ1) is 17.1. The number of hydrogen-bond acceptors (Lipinski definition) is 8. The van der Waals surface area contributed by atoms with Crippen molar-refractivity contribution in [2.45, 2.75) is 43.8 Å². The zero-order chi connectivity index (χ0) is 24.2. The van der Waals surface area contributed by atoms with E-state index in [4.69, 9.17) is 9.40 Å². The third kappa shape index (κ3) is 4.80. The van der Waals surface area contributed by atoms with Crippen LogP contribution < -0.4 is 11.2 Å². The summed E-state index contributed by atoms with van der Waals surface area (Å²) in [6.07, 6.45) is 5.14. The molecule has 11 heteroatoms. The van der Waals surface area contributed by atoms with Gasteiger partial charge in [0.1, 0.15) is 5.82 Å². The zero-order valence-electron chi connectivity index (χ0n) is 19.0. The van der Waals surface area contributed by atoms with Gasteiger partial charge in [0.05, 0.1) is 12.3 Å². The maximum Gasteiger partial charge on any atom is 0.330 e. The van der Waals surface area contributed by atoms with Crippen molar-refractivity contribution in [2.75, 3.05) is 0 Å². The SMILES string of the molecule is CCCCn1c(CSc2nnc(-c3ccncc3)o2)nc2c1c(=O)[nH]c(=O)n2Cc1ccccc1. The Bertz CT molecular complexity index is 1560. The van der Waals surface area contributed by atoms with E-state index in [0.717, 1.165) is 24.0 Å². The predicted octanol–water partition coefficient (Wildman–Crippen LogP) is 3.47. The number of aromatic nitrogens is 7. The Kier molecular flexibility index (Phi) is 6.57. The van der Waals surface area contributed by atoms with Crippen molar-refractivity contribution in [3.63, 3.8) is 0 Å². The van der Waals surface area contributed by atoms with Crippen LogP contribution in [0.4, 0.5) is 0 Å². The van der Waals surface area contributed by atoms with Crippen molar-refractivity contribution in [3.8, 4) is 11.5 Å². The number of unbranched alkanes of at least 4 members (excludes halogenated alkanes) is 1. The zero-order valence-corrected chi connectivity index (χ0v) is 19.9. The number of nitrogens with one attached hydrogen (secondary N) is 1. The largest absolute Gasteiger partial charge is 0.411 e. The van der Waals surface area contributed by atoms with Gasteiger partial charge >= 0.3 is 5.69 Å². The number of imidazole rings is 1. The van der Waals surface area contributed by atoms with E-state index in [9.17, 15) is 9.59 Å². The van der Waals surface area contributed by atoms with Gasteiger partial charge in [0.25, 0.3) is 10.8 Å². The molecule has 1 N–H and O–H groups in total. The van der Waals surface area contributed by atoms with Crippen molar-refractivity contribution in [2.24, 2.45) is 0 Å². The van der Waals surface area contributed by atoms with E-state index < -0.39 is 11.2 Å². The van der Waals surface area contributed by atoms with Gasteiger partial charge in [-0.3, -0.25) is 19.3 Å². The summed E-state index contributed by atoms with van der Waals surface area (Å²) in [5.74, 6) is 1.47. The molecule has 0 bridgehead atoms. The van der Waals surface area contributed by atoms with Crippen LogP contribution in [0.1, 0.15) is 31.2 Å². The number of aromatic amines is 1. The summed E-state index contributed by atoms with van der Waals surface area (Å²) in [5.41, 5.74) is 1.57. The Morgan fingerprint density at radius 2 is 1.83 bits per heavy atom. The van der Waals surface area contributed by atoms with Crippen LogP contribution in [-0.2, 0) is 18.8 Å². The first-order valence-electron chi connectivity index (χ1n) is 11.3. The number of nitrogens with zero attached hydrogens (tertiary/aromatic N) is 6. The van der Waals surface area contributed by atoms with E-state index in [0.29, 0.717) is 46.9 Å². The summed E-state index contributed by atoms with van der Waals surface area (Å²) >= 11 is 1.33. The minimum absolute atomic E-state index is 0.309. The summed E-state index contributed by atoms with van der Waals surface area (Å²) in [7, 11) is 0. The summed E-state index contributed by atoms with van der Waals surface area (Å²) in [6.45, 7) is 3.01. The maximum absolute atomic E-state index is 12.9. The summed E-state index contributed by atoms with van der Waals surface area (Å²) in [6, 6.07) is 13.2. The smallest absolute Gasteiger partial charge is 0.330 e. The Hall–Kier alpha value is -3.99. The average Bonchev–Trinajstić information content (AvgIpc) is 3.50. The molecular formula is C24H23N7O3S. The summed E-state index contributed by atoms with van der Waals surface area (Å²) in [4.78, 5) is 36.8. The van der Waals surface area contributed by atoms with E-state index in [1.165, 1.54) is 16.3 Å². The lowest BCUT2D eigenvalue weighted by molar-refractivity contribution is 0.465. The van der Waals surface area contributed by atoms with Gasteiger partial charge in [-0.25, -0.2) is 9.78 Å². The number of aryl methyl sites for hydroxylation is 1. The molecule has 0 saturated carbocycles. The van der Waals surface area contributed by atoms with Gasteiger partial charge < -0.3 is 8.98 Å². The molecule has 1 aromatic carbocycles. The lowest BCUT2D eigenvalue weighted by Gasteiger charge is -2.08. The van der Waals surface area contributed by atoms with Crippen molar-refractivity contribution in [1.82, 2.24) is 34.3 Å². The van der Waals surface area contributed by atoms with Gasteiger partial charge in [0.15, 0.2) is 11.2 Å². The van der Waals surface area contributed by atoms with Gasteiger partial charge in [-0.2, -0.15) is 0 Å². The molecule has 0 atom stereocenters. The lowest BCUT2D eigenvalue weighted by Crippen LogP contribution is -2.31. The highest BCUT2D eigenvalue weighted by Gasteiger charge is 2.20. The third-order valence-electron chi connectivity index (χ3n) is 5.54. The second-order valence-electron chi connectivity index (χ2n) is 7.93. The fraction of sp³-hybridized carbons (Fsp3) is 0.250. The number of benzene rings is 1. The van der Waals surface area contributed by atoms with Crippen LogP contribution in [0.5, 0.6) is 0 Å². The van der Waals surface area contributed by atoms with Crippen LogP contribution in [0.15, 0.2) is 74.1 Å². The Morgan fingerprint density at radius 3 is 2.60 bits per heavy atom. The number of fused-ring (bicyclic) bond motifs is 1. The molecule has 5 rings (SSSR count). The molecule has 0 aliphatic rings. The van der Waals surface area contributed by atoms with Crippen LogP contribution in [0.2, 0.25) is 0 Å². The number of pyridine rings is 1. The molecule has 0 radical (unpaired) electrons. The number of rotatable bonds is 9. The normalized spacial score (nSPS) is 11.3. The molecule has 5 aromatic rings. The molecule has 0 fully saturated rings. The van der Waals surface area contributed by atoms with Crippen LogP contribution in [0, 0.1) is 0 Å². The van der Waals surface area contributed by atoms with Crippen LogP contribution in [-0.4, -0.2) is 34.3 Å². The molecule has 178 valence electrons. The van der Waals surface area contributed by atoms with E-state index in [1.54, 1.807) is 24.5 Å². The lowest BCUT2D eigenvalue weighted by atomic mass is 10.2. The molecule has 0 unspecified atom stereocenters. The number of thioether (sulfide) groups is 1. The van der Waals surface area contributed by atoms with E-state index in [-0.39, 0.29) is 0 Å². The van der Waals surface area contributed by atoms with Gasteiger partial charge in [0, 0.05) is 24.5 Å². The topological polar surface area (TPSA) is 124 Å². The first-order valence-corrected chi connectivity index (χ1v) is 12.3. The molecule has 0 aliphatic heterocycles. The molecule has 0 saturated heterocycles. The standard InChI is InChI=1S/C24H23N7O3S/c1-2-3-13-30-18(15-35-24-29-28-22(34-24)17-9-11-25-12-10-17)26-20-19(30)21(32)27-23(33)31(20)14-16-7-5-4-6-8-16/h4-12H,2-3,13-15H2,1H3,(H,27,32,33). The third-order valence-corrected chi connectivity index (χ3v) is 6.36. The molecule has 4 heterocycles. The van der Waals surface area contributed by atoms with Gasteiger partial charge in [-0.15, -0.1) is 10.2 Å². The molecule has 4 aromatic heterocycles. The Morgan fingerprint density at radius 1 is 1.03 bits per heavy atom. The van der Waals surface area contributed by atoms with E-state index >= 15 is 0 Å². The number of H-pyrrole nitrogens is 1. The monoisotopic (exact) mass is 489 g/mol. The van der Waals surface area contributed by atoms with Crippen molar-refractivity contribution in [1.29, 1.82) is 0 Å². The molecule has 0 amide bonds. The summed E-state index contributed by atoms with van der Waals surface area (Å²) in [5, 5.41) is 8.62. The van der Waals surface area contributed by atoms with Crippen molar-refractivity contribution in [3.05, 3.63) is 87.1 Å². The number of hydrogen-bond donors (Lipinski definition) is 1. The van der Waals surface area contributed by atoms with E-state index in [2.05, 4.69) is 27.1 Å². The highest BCUT2D eigenvalue weighted by molar-refractivity contribution is 7.98. The minimum atomic E-state index is -0.482. The molecule has 0 spiro atoms. The van der Waals surface area contributed by atoms with Gasteiger partial charge in [-0.05, 0) is 24.1 Å². The molecular weight excluding hydrogens is 466 g/mol. The second kappa shape index (κ2) is 10.1. The van der Waals surface area contributed by atoms with Crippen LogP contribution >= 0.6 is 11.8 Å². The van der Waals surface area contributed by atoms with Crippen LogP contribution in [0.3, 0.4) is 0 Å². The fourth-order valence-corrected chi connectivity index (χ4v) is 4.51. The Balaban J connectivity index is 1.50. The quantitative estimate of drug-likeness (QED) is 0.312. The Labute approximate surface area is 204 Å². The maximum atomic E-state index is 12.9. The molecule has 0 aliphatic carbocycles. The van der Waals surface area contributed by atoms with Crippen molar-refractivity contribution >= 4 is 22.9 Å². The van der Waals surface area contributed by atoms with Crippen LogP contribution in [0.25, 0.3) is 22.6 Å². The summed E-state index contributed by atoms with van der Waals surface area (Å²) < 4.78 is 9.19. The predicted molar refractivity (Wildman–Crippen MR) is 132 cm³/mol. The van der Waals surface area contributed by atoms with E-state index in [1.807, 2.05) is 34.9 Å². The first kappa shape index (κ1) is 22.8. The minimum Gasteiger partial charge on any atom is -0.411 e. The van der Waals surface area contributed by atoms with Gasteiger partial charge in [0.2, 0.25) is 5.89 Å². The average molecular weight is 490 g/mol. The molecule has 10 nitrogen and oxygen atoms in total. The second-order valence-corrected chi connectivity index (χ2v) is 8.86. The highest BCUT2D eigenvalue weighted by atomic mass is 32.2. The van der Waals surface area contributed by atoms with Gasteiger partial charge in [-0.1, -0.05) is 55.4 Å². The fourth-order valence-electron chi connectivity index (χ4n) is 3.80. The molecule has 35 heavy (non-hydrogen) atoms.